The molecule has 0 heterocycles. The fraction of sp³-hybridized carbons (Fsp3) is 0.538. The van der Waals surface area contributed by atoms with Crippen molar-refractivity contribution in [1.29, 1.82) is 0 Å². The zero-order valence-electron chi connectivity index (χ0n) is 10.5. The lowest BCUT2D eigenvalue weighted by molar-refractivity contribution is 0.190. The summed E-state index contributed by atoms with van der Waals surface area (Å²) in [6.45, 7) is 6.96. The molecule has 1 aromatic rings. The molecule has 1 aromatic carbocycles. The van der Waals surface area contributed by atoms with Crippen molar-refractivity contribution in [2.45, 2.75) is 39.3 Å². The van der Waals surface area contributed by atoms with Gasteiger partial charge in [-0.2, -0.15) is 0 Å². The average Bonchev–Trinajstić information content (AvgIpc) is 2.26. The van der Waals surface area contributed by atoms with Crippen LogP contribution >= 0.6 is 11.6 Å². The topological polar surface area (TPSA) is 21.3 Å². The fourth-order valence-electron chi connectivity index (χ4n) is 1.39. The Kier molecular flexibility index (Phi) is 5.72. The molecule has 96 valence electrons. The molecule has 1 unspecified atom stereocenters. The molecule has 4 heteroatoms. The molecular formula is C13H19ClFNO. The number of nitrogens with one attached hydrogen (secondary N) is 1. The van der Waals surface area contributed by atoms with Crippen LogP contribution in [0.15, 0.2) is 18.2 Å². The van der Waals surface area contributed by atoms with E-state index >= 15 is 0 Å². The van der Waals surface area contributed by atoms with Crippen LogP contribution in [0, 0.1) is 5.82 Å². The van der Waals surface area contributed by atoms with Gasteiger partial charge >= 0.3 is 0 Å². The number of rotatable bonds is 6. The molecule has 0 radical (unpaired) electrons. The first-order valence-electron chi connectivity index (χ1n) is 5.88. The van der Waals surface area contributed by atoms with Crippen LogP contribution < -0.4 is 10.1 Å². The van der Waals surface area contributed by atoms with Gasteiger partial charge in [-0.1, -0.05) is 32.4 Å². The first-order valence-corrected chi connectivity index (χ1v) is 6.25. The predicted octanol–water partition coefficient (Wildman–Crippen LogP) is 3.63. The molecule has 0 aliphatic rings. The smallest absolute Gasteiger partial charge is 0.138 e. The maximum absolute atomic E-state index is 12.9. The van der Waals surface area contributed by atoms with Crippen molar-refractivity contribution in [2.75, 3.05) is 6.54 Å². The Hall–Kier alpha value is -0.800. The summed E-state index contributed by atoms with van der Waals surface area (Å²) in [6, 6.07) is 4.59. The van der Waals surface area contributed by atoms with E-state index in [0.29, 0.717) is 16.8 Å². The first-order chi connectivity index (χ1) is 8.02. The minimum Gasteiger partial charge on any atom is -0.488 e. The van der Waals surface area contributed by atoms with Crippen LogP contribution in [0.5, 0.6) is 5.75 Å². The lowest BCUT2D eigenvalue weighted by Gasteiger charge is -2.20. The van der Waals surface area contributed by atoms with Crippen LogP contribution in [0.1, 0.15) is 27.2 Å². The highest BCUT2D eigenvalue weighted by atomic mass is 35.5. The van der Waals surface area contributed by atoms with E-state index in [-0.39, 0.29) is 11.9 Å². The molecule has 2 nitrogen and oxygen atoms in total. The summed E-state index contributed by atoms with van der Waals surface area (Å²) in [4.78, 5) is 0. The number of halogens is 2. The number of hydrogen-bond donors (Lipinski definition) is 1. The average molecular weight is 260 g/mol. The third-order valence-corrected chi connectivity index (χ3v) is 2.69. The van der Waals surface area contributed by atoms with Crippen molar-refractivity contribution in [3.05, 3.63) is 29.0 Å². The maximum Gasteiger partial charge on any atom is 0.138 e. The third kappa shape index (κ3) is 4.92. The molecule has 0 saturated heterocycles. The second-order valence-corrected chi connectivity index (χ2v) is 4.69. The predicted molar refractivity (Wildman–Crippen MR) is 69.3 cm³/mol. The van der Waals surface area contributed by atoms with Gasteiger partial charge in [0.1, 0.15) is 17.7 Å². The van der Waals surface area contributed by atoms with Crippen LogP contribution in [0.3, 0.4) is 0 Å². The van der Waals surface area contributed by atoms with Crippen LogP contribution in [0.2, 0.25) is 5.02 Å². The number of hydrogen-bond acceptors (Lipinski definition) is 2. The van der Waals surface area contributed by atoms with Gasteiger partial charge in [-0.3, -0.25) is 0 Å². The zero-order valence-corrected chi connectivity index (χ0v) is 11.2. The summed E-state index contributed by atoms with van der Waals surface area (Å²) in [5.41, 5.74) is 0. The lowest BCUT2D eigenvalue weighted by Crippen LogP contribution is -2.34. The summed E-state index contributed by atoms with van der Waals surface area (Å²) in [5.74, 6) is 0.182. The van der Waals surface area contributed by atoms with Crippen molar-refractivity contribution >= 4 is 11.6 Å². The van der Waals surface area contributed by atoms with Gasteiger partial charge in [-0.25, -0.2) is 4.39 Å². The highest BCUT2D eigenvalue weighted by Crippen LogP contribution is 2.26. The summed E-state index contributed by atoms with van der Waals surface area (Å²) in [6.07, 6.45) is 0.910. The van der Waals surface area contributed by atoms with E-state index < -0.39 is 0 Å². The van der Waals surface area contributed by atoms with Crippen LogP contribution in [0.25, 0.3) is 0 Å². The van der Waals surface area contributed by atoms with E-state index in [4.69, 9.17) is 16.3 Å². The van der Waals surface area contributed by atoms with Crippen LogP contribution in [-0.2, 0) is 0 Å². The van der Waals surface area contributed by atoms with Crippen molar-refractivity contribution in [1.82, 2.24) is 5.32 Å². The maximum atomic E-state index is 12.9. The molecule has 0 amide bonds. The van der Waals surface area contributed by atoms with Crippen molar-refractivity contribution in [3.63, 3.8) is 0 Å². The normalized spacial score (nSPS) is 12.8. The van der Waals surface area contributed by atoms with Gasteiger partial charge in [-0.05, 0) is 24.6 Å². The van der Waals surface area contributed by atoms with Gasteiger partial charge in [0.25, 0.3) is 0 Å². The van der Waals surface area contributed by atoms with Crippen molar-refractivity contribution < 1.29 is 9.13 Å². The Morgan fingerprint density at radius 1 is 1.41 bits per heavy atom. The van der Waals surface area contributed by atoms with Gasteiger partial charge in [0.05, 0.1) is 5.02 Å². The van der Waals surface area contributed by atoms with E-state index in [1.165, 1.54) is 12.1 Å². The Morgan fingerprint density at radius 2 is 2.12 bits per heavy atom. The second-order valence-electron chi connectivity index (χ2n) is 4.29. The Bertz CT molecular complexity index is 357. The molecule has 0 fully saturated rings. The zero-order chi connectivity index (χ0) is 12.8. The monoisotopic (exact) mass is 259 g/mol. The molecule has 0 bridgehead atoms. The lowest BCUT2D eigenvalue weighted by atomic mass is 10.2. The van der Waals surface area contributed by atoms with Crippen LogP contribution in [-0.4, -0.2) is 18.7 Å². The van der Waals surface area contributed by atoms with E-state index in [1.54, 1.807) is 6.07 Å². The highest BCUT2D eigenvalue weighted by molar-refractivity contribution is 6.32. The molecule has 0 aromatic heterocycles. The van der Waals surface area contributed by atoms with Crippen molar-refractivity contribution in [2.24, 2.45) is 0 Å². The van der Waals surface area contributed by atoms with Gasteiger partial charge in [0.2, 0.25) is 0 Å². The molecule has 0 saturated carbocycles. The Labute approximate surface area is 107 Å². The molecule has 0 aliphatic heterocycles. The van der Waals surface area contributed by atoms with Gasteiger partial charge in [0, 0.05) is 12.6 Å². The number of ether oxygens (including phenoxy) is 1. The number of benzene rings is 1. The van der Waals surface area contributed by atoms with Gasteiger partial charge in [-0.15, -0.1) is 0 Å². The summed E-state index contributed by atoms with van der Waals surface area (Å²) < 4.78 is 18.6. The minimum atomic E-state index is -0.351. The quantitative estimate of drug-likeness (QED) is 0.842. The summed E-state index contributed by atoms with van der Waals surface area (Å²) >= 11 is 5.91. The SMILES string of the molecule is CCC(CNC(C)C)Oc1ccc(F)cc1Cl. The highest BCUT2D eigenvalue weighted by Gasteiger charge is 2.11. The Morgan fingerprint density at radius 3 is 2.65 bits per heavy atom. The van der Waals surface area contributed by atoms with E-state index in [9.17, 15) is 4.39 Å². The van der Waals surface area contributed by atoms with Gasteiger partial charge < -0.3 is 10.1 Å². The molecule has 17 heavy (non-hydrogen) atoms. The minimum absolute atomic E-state index is 0.0420. The summed E-state index contributed by atoms with van der Waals surface area (Å²) in [5, 5.41) is 3.62. The van der Waals surface area contributed by atoms with E-state index in [0.717, 1.165) is 13.0 Å². The standard InChI is InChI=1S/C13H19ClFNO/c1-4-11(8-16-9(2)3)17-13-6-5-10(15)7-12(13)14/h5-7,9,11,16H,4,8H2,1-3H3. The van der Waals surface area contributed by atoms with E-state index in [1.807, 2.05) is 6.92 Å². The second kappa shape index (κ2) is 6.82. The fourth-order valence-corrected chi connectivity index (χ4v) is 1.60. The molecule has 0 spiro atoms. The Balaban J connectivity index is 2.60. The molecule has 0 aliphatic carbocycles. The largest absolute Gasteiger partial charge is 0.488 e. The third-order valence-electron chi connectivity index (χ3n) is 2.40. The first kappa shape index (κ1) is 14.3. The van der Waals surface area contributed by atoms with E-state index in [2.05, 4.69) is 19.2 Å². The van der Waals surface area contributed by atoms with Gasteiger partial charge in [0.15, 0.2) is 0 Å². The molecule has 1 atom stereocenters. The molecule has 1 N–H and O–H groups in total. The van der Waals surface area contributed by atoms with Crippen LogP contribution in [0.4, 0.5) is 4.39 Å². The van der Waals surface area contributed by atoms with Crippen molar-refractivity contribution in [3.8, 4) is 5.75 Å². The summed E-state index contributed by atoms with van der Waals surface area (Å²) in [7, 11) is 0. The molecule has 1 rings (SSSR count). The molecular weight excluding hydrogens is 241 g/mol.